The molecule has 7 heteroatoms. The Hall–Kier alpha value is -2.12. The molecule has 0 fully saturated rings. The van der Waals surface area contributed by atoms with Gasteiger partial charge in [0.1, 0.15) is 0 Å². The molecule has 2 rings (SSSR count). The molecule has 0 aliphatic carbocycles. The Morgan fingerprint density at radius 2 is 1.79 bits per heavy atom. The molecular formula is C21H29N3O2S2. The van der Waals surface area contributed by atoms with Gasteiger partial charge >= 0.3 is 0 Å². The maximum atomic E-state index is 11.7. The topological polar surface area (TPSA) is 61.4 Å². The van der Waals surface area contributed by atoms with Crippen LogP contribution in [-0.2, 0) is 15.4 Å². The quantitative estimate of drug-likeness (QED) is 0.661. The Bertz CT molecular complexity index is 912. The van der Waals surface area contributed by atoms with Gasteiger partial charge in [-0.1, -0.05) is 50.2 Å². The Labute approximate surface area is 174 Å². The second-order valence-corrected chi connectivity index (χ2v) is 10.2. The summed E-state index contributed by atoms with van der Waals surface area (Å²) in [4.78, 5) is 0. The van der Waals surface area contributed by atoms with Crippen molar-refractivity contribution in [1.29, 1.82) is 0 Å². The first-order valence-electron chi connectivity index (χ1n) is 9.16. The fourth-order valence-corrected chi connectivity index (χ4v) is 4.00. The number of thiocarbonyl (C=S) groups is 1. The van der Waals surface area contributed by atoms with Crippen molar-refractivity contribution >= 4 is 38.7 Å². The summed E-state index contributed by atoms with van der Waals surface area (Å²) < 4.78 is 24.7. The van der Waals surface area contributed by atoms with E-state index in [1.54, 1.807) is 18.2 Å². The molecule has 0 aliphatic rings. The second-order valence-electron chi connectivity index (χ2n) is 7.73. The van der Waals surface area contributed by atoms with E-state index in [2.05, 4.69) is 55.7 Å². The summed E-state index contributed by atoms with van der Waals surface area (Å²) in [6, 6.07) is 17.7. The van der Waals surface area contributed by atoms with Crippen LogP contribution in [0, 0.1) is 0 Å². The minimum Gasteiger partial charge on any atom is -0.360 e. The molecule has 0 heterocycles. The molecule has 152 valence electrons. The van der Waals surface area contributed by atoms with E-state index in [1.807, 2.05) is 12.1 Å². The molecule has 0 saturated carbocycles. The Morgan fingerprint density at radius 1 is 1.14 bits per heavy atom. The molecule has 2 N–H and O–H groups in total. The summed E-state index contributed by atoms with van der Waals surface area (Å²) in [6.07, 6.45) is 2.09. The lowest BCUT2D eigenvalue weighted by Gasteiger charge is -2.29. The van der Waals surface area contributed by atoms with Crippen LogP contribution in [0.5, 0.6) is 0 Å². The van der Waals surface area contributed by atoms with Gasteiger partial charge in [-0.25, -0.2) is 8.42 Å². The molecule has 0 bridgehead atoms. The largest absolute Gasteiger partial charge is 0.360 e. The van der Waals surface area contributed by atoms with Gasteiger partial charge in [-0.2, -0.15) is 0 Å². The lowest BCUT2D eigenvalue weighted by atomic mass is 9.79. The van der Waals surface area contributed by atoms with E-state index < -0.39 is 10.0 Å². The molecule has 0 radical (unpaired) electrons. The van der Waals surface area contributed by atoms with Crippen molar-refractivity contribution in [2.45, 2.75) is 38.6 Å². The lowest BCUT2D eigenvalue weighted by Crippen LogP contribution is -2.39. The lowest BCUT2D eigenvalue weighted by molar-refractivity contribution is 0.420. The molecule has 2 aromatic rings. The normalized spacial score (nSPS) is 12.9. The van der Waals surface area contributed by atoms with E-state index in [0.29, 0.717) is 10.8 Å². The standard InChI is InChI=1S/C21H29N3O2S2/c1-16(15-21(2,3)17-10-7-6-8-11-17)22-20(27)23-18-12-9-13-19(14-18)24(4)28(5,25)26/h6-14,16H,15H2,1-5H3,(H2,22,23,27). The van der Waals surface area contributed by atoms with Crippen LogP contribution < -0.4 is 14.9 Å². The van der Waals surface area contributed by atoms with Crippen molar-refractivity contribution < 1.29 is 8.42 Å². The van der Waals surface area contributed by atoms with Crippen LogP contribution in [0.4, 0.5) is 11.4 Å². The number of rotatable bonds is 7. The Kier molecular flexibility index (Phi) is 7.06. The summed E-state index contributed by atoms with van der Waals surface area (Å²) in [6.45, 7) is 6.55. The van der Waals surface area contributed by atoms with E-state index in [1.165, 1.54) is 23.2 Å². The van der Waals surface area contributed by atoms with E-state index in [-0.39, 0.29) is 11.5 Å². The van der Waals surface area contributed by atoms with Gasteiger partial charge < -0.3 is 10.6 Å². The number of hydrogen-bond donors (Lipinski definition) is 2. The Balaban J connectivity index is 1.98. The van der Waals surface area contributed by atoms with Gasteiger partial charge in [0.25, 0.3) is 0 Å². The van der Waals surface area contributed by atoms with Gasteiger partial charge in [0, 0.05) is 18.8 Å². The average Bonchev–Trinajstić information content (AvgIpc) is 2.60. The monoisotopic (exact) mass is 419 g/mol. The highest BCUT2D eigenvalue weighted by molar-refractivity contribution is 7.92. The van der Waals surface area contributed by atoms with Crippen molar-refractivity contribution in [3.05, 3.63) is 60.2 Å². The van der Waals surface area contributed by atoms with Crippen molar-refractivity contribution in [3.63, 3.8) is 0 Å². The number of hydrogen-bond acceptors (Lipinski definition) is 3. The molecular weight excluding hydrogens is 390 g/mol. The third-order valence-electron chi connectivity index (χ3n) is 4.71. The van der Waals surface area contributed by atoms with Crippen molar-refractivity contribution in [1.82, 2.24) is 5.32 Å². The second kappa shape index (κ2) is 8.92. The maximum Gasteiger partial charge on any atom is 0.231 e. The molecule has 0 amide bonds. The third kappa shape index (κ3) is 6.21. The molecule has 28 heavy (non-hydrogen) atoms. The van der Waals surface area contributed by atoms with Crippen LogP contribution in [0.3, 0.4) is 0 Å². The van der Waals surface area contributed by atoms with Crippen molar-refractivity contribution in [2.75, 3.05) is 22.9 Å². The van der Waals surface area contributed by atoms with Crippen LogP contribution in [0.1, 0.15) is 32.8 Å². The summed E-state index contributed by atoms with van der Waals surface area (Å²) in [5, 5.41) is 6.98. The summed E-state index contributed by atoms with van der Waals surface area (Å²) >= 11 is 5.45. The van der Waals surface area contributed by atoms with E-state index >= 15 is 0 Å². The molecule has 1 atom stereocenters. The molecule has 0 spiro atoms. The first kappa shape index (κ1) is 22.2. The number of nitrogens with one attached hydrogen (secondary N) is 2. The first-order valence-corrected chi connectivity index (χ1v) is 11.4. The third-order valence-corrected chi connectivity index (χ3v) is 6.14. The van der Waals surface area contributed by atoms with Crippen LogP contribution in [-0.4, -0.2) is 32.9 Å². The SMILES string of the molecule is CC(CC(C)(C)c1ccccc1)NC(=S)Nc1cccc(N(C)S(C)(=O)=O)c1. The minimum absolute atomic E-state index is 0.0153. The maximum absolute atomic E-state index is 11.7. The fraction of sp³-hybridized carbons (Fsp3) is 0.381. The number of nitrogens with zero attached hydrogens (tertiary/aromatic N) is 1. The van der Waals surface area contributed by atoms with E-state index in [0.717, 1.165) is 12.1 Å². The molecule has 0 aliphatic heterocycles. The summed E-state index contributed by atoms with van der Waals surface area (Å²) in [5.74, 6) is 0. The first-order chi connectivity index (χ1) is 13.0. The highest BCUT2D eigenvalue weighted by atomic mass is 32.2. The van der Waals surface area contributed by atoms with Gasteiger partial charge in [-0.15, -0.1) is 0 Å². The predicted molar refractivity (Wildman–Crippen MR) is 123 cm³/mol. The van der Waals surface area contributed by atoms with Crippen LogP contribution in [0.25, 0.3) is 0 Å². The number of anilines is 2. The molecule has 0 aromatic heterocycles. The zero-order chi connectivity index (χ0) is 20.9. The van der Waals surface area contributed by atoms with Gasteiger partial charge in [0.05, 0.1) is 11.9 Å². The van der Waals surface area contributed by atoms with Crippen molar-refractivity contribution in [2.24, 2.45) is 0 Å². The zero-order valence-electron chi connectivity index (χ0n) is 17.1. The highest BCUT2D eigenvalue weighted by Crippen LogP contribution is 2.28. The van der Waals surface area contributed by atoms with Gasteiger partial charge in [-0.05, 0) is 54.7 Å². The van der Waals surface area contributed by atoms with E-state index in [4.69, 9.17) is 12.2 Å². The fourth-order valence-electron chi connectivity index (χ4n) is 3.19. The minimum atomic E-state index is -3.31. The molecule has 1 unspecified atom stereocenters. The average molecular weight is 420 g/mol. The summed E-state index contributed by atoms with van der Waals surface area (Å²) in [7, 11) is -1.78. The molecule has 5 nitrogen and oxygen atoms in total. The Morgan fingerprint density at radius 3 is 2.39 bits per heavy atom. The van der Waals surface area contributed by atoms with Crippen LogP contribution in [0.15, 0.2) is 54.6 Å². The highest BCUT2D eigenvalue weighted by Gasteiger charge is 2.23. The number of benzene rings is 2. The summed E-state index contributed by atoms with van der Waals surface area (Å²) in [5.41, 5.74) is 2.62. The van der Waals surface area contributed by atoms with Gasteiger partial charge in [-0.3, -0.25) is 4.31 Å². The van der Waals surface area contributed by atoms with E-state index in [9.17, 15) is 8.42 Å². The van der Waals surface area contributed by atoms with Crippen LogP contribution in [0.2, 0.25) is 0 Å². The number of sulfonamides is 1. The smallest absolute Gasteiger partial charge is 0.231 e. The van der Waals surface area contributed by atoms with Crippen LogP contribution >= 0.6 is 12.2 Å². The van der Waals surface area contributed by atoms with Crippen molar-refractivity contribution in [3.8, 4) is 0 Å². The molecule has 0 saturated heterocycles. The predicted octanol–water partition coefficient (Wildman–Crippen LogP) is 4.13. The van der Waals surface area contributed by atoms with Gasteiger partial charge in [0.15, 0.2) is 5.11 Å². The molecule has 2 aromatic carbocycles. The van der Waals surface area contributed by atoms with Gasteiger partial charge in [0.2, 0.25) is 10.0 Å². The zero-order valence-corrected chi connectivity index (χ0v) is 18.7.